The zero-order chi connectivity index (χ0) is 13.0. The lowest BCUT2D eigenvalue weighted by molar-refractivity contribution is 0.0946. The van der Waals surface area contributed by atoms with Gasteiger partial charge >= 0.3 is 0 Å². The van der Waals surface area contributed by atoms with Gasteiger partial charge < -0.3 is 5.32 Å². The monoisotopic (exact) mass is 260 g/mol. The molecule has 0 aliphatic carbocycles. The van der Waals surface area contributed by atoms with Gasteiger partial charge in [-0.25, -0.2) is 0 Å². The Bertz CT molecular complexity index is 569. The minimum Gasteiger partial charge on any atom is -0.347 e. The van der Waals surface area contributed by atoms with Crippen molar-refractivity contribution in [3.63, 3.8) is 0 Å². The number of halogens is 1. The largest absolute Gasteiger partial charge is 0.347 e. The molecule has 2 aromatic rings. The first kappa shape index (κ1) is 12.6. The normalized spacial score (nSPS) is 10.1. The number of nitrogens with one attached hydrogen (secondary N) is 1. The minimum atomic E-state index is -0.223. The van der Waals surface area contributed by atoms with Crippen molar-refractivity contribution in [1.29, 1.82) is 0 Å². The maximum Gasteiger partial charge on any atom is 0.270 e. The van der Waals surface area contributed by atoms with Crippen LogP contribution < -0.4 is 5.32 Å². The third kappa shape index (κ3) is 3.31. The highest BCUT2D eigenvalue weighted by molar-refractivity contribution is 6.30. The quantitative estimate of drug-likeness (QED) is 0.922. The predicted octanol–water partition coefficient (Wildman–Crippen LogP) is 2.97. The molecule has 0 saturated carbocycles. The molecule has 0 unspecified atom stereocenters. The van der Waals surface area contributed by atoms with Crippen LogP contribution in [0.15, 0.2) is 42.6 Å². The molecule has 0 bridgehead atoms. The third-order valence-corrected chi connectivity index (χ3v) is 2.73. The maximum atomic E-state index is 11.8. The fourth-order valence-corrected chi connectivity index (χ4v) is 1.78. The van der Waals surface area contributed by atoms with Gasteiger partial charge in [0.05, 0.1) is 0 Å². The van der Waals surface area contributed by atoms with Crippen LogP contribution in [0, 0.1) is 6.92 Å². The van der Waals surface area contributed by atoms with E-state index in [1.54, 1.807) is 12.1 Å². The van der Waals surface area contributed by atoms with Crippen LogP contribution in [0.2, 0.25) is 5.02 Å². The van der Waals surface area contributed by atoms with E-state index in [4.69, 9.17) is 11.6 Å². The Morgan fingerprint density at radius 2 is 2.17 bits per heavy atom. The Morgan fingerprint density at radius 3 is 2.89 bits per heavy atom. The number of nitrogens with zero attached hydrogens (tertiary/aromatic N) is 1. The molecule has 0 spiro atoms. The average Bonchev–Trinajstić information content (AvgIpc) is 2.36. The van der Waals surface area contributed by atoms with Crippen LogP contribution in [0.4, 0.5) is 0 Å². The number of aromatic nitrogens is 1. The molecule has 1 aromatic carbocycles. The minimum absolute atomic E-state index is 0.223. The molecular formula is C14H13ClN2O. The Kier molecular flexibility index (Phi) is 3.95. The number of carbonyl (C=O) groups is 1. The summed E-state index contributed by atoms with van der Waals surface area (Å²) in [5.41, 5.74) is 2.56. The molecule has 1 N–H and O–H groups in total. The highest BCUT2D eigenvalue weighted by atomic mass is 35.5. The van der Waals surface area contributed by atoms with Crippen molar-refractivity contribution in [3.05, 3.63) is 64.4 Å². The van der Waals surface area contributed by atoms with Crippen molar-refractivity contribution in [1.82, 2.24) is 10.3 Å². The predicted molar refractivity (Wildman–Crippen MR) is 71.6 cm³/mol. The fourth-order valence-electron chi connectivity index (χ4n) is 1.62. The van der Waals surface area contributed by atoms with Crippen LogP contribution in [-0.4, -0.2) is 10.9 Å². The molecule has 1 heterocycles. The number of hydrogen-bond donors (Lipinski definition) is 1. The molecule has 1 aromatic heterocycles. The van der Waals surface area contributed by atoms with Crippen molar-refractivity contribution in [3.8, 4) is 0 Å². The Balaban J connectivity index is 2.00. The molecule has 3 nitrogen and oxygen atoms in total. The molecule has 92 valence electrons. The van der Waals surface area contributed by atoms with Gasteiger partial charge in [0.25, 0.3) is 5.91 Å². The molecule has 0 radical (unpaired) electrons. The summed E-state index contributed by atoms with van der Waals surface area (Å²) in [5, 5.41) is 3.31. The first-order valence-electron chi connectivity index (χ1n) is 5.60. The lowest BCUT2D eigenvalue weighted by atomic mass is 10.1. The molecule has 0 saturated heterocycles. The third-order valence-electron chi connectivity index (χ3n) is 2.49. The van der Waals surface area contributed by atoms with E-state index in [9.17, 15) is 4.79 Å². The van der Waals surface area contributed by atoms with Crippen LogP contribution in [-0.2, 0) is 6.54 Å². The van der Waals surface area contributed by atoms with Gasteiger partial charge in [-0.1, -0.05) is 41.4 Å². The van der Waals surface area contributed by atoms with Crippen molar-refractivity contribution < 1.29 is 4.79 Å². The average molecular weight is 261 g/mol. The number of benzene rings is 1. The first-order chi connectivity index (χ1) is 8.65. The highest BCUT2D eigenvalue weighted by Crippen LogP contribution is 2.08. The Labute approximate surface area is 111 Å². The highest BCUT2D eigenvalue weighted by Gasteiger charge is 2.06. The van der Waals surface area contributed by atoms with E-state index >= 15 is 0 Å². The van der Waals surface area contributed by atoms with Crippen LogP contribution >= 0.6 is 11.6 Å². The second kappa shape index (κ2) is 5.65. The van der Waals surface area contributed by atoms with Crippen molar-refractivity contribution >= 4 is 17.5 Å². The van der Waals surface area contributed by atoms with Gasteiger partial charge in [-0.15, -0.1) is 0 Å². The molecule has 0 aliphatic rings. The molecule has 4 heteroatoms. The molecular weight excluding hydrogens is 248 g/mol. The van der Waals surface area contributed by atoms with Gasteiger partial charge in [-0.2, -0.15) is 0 Å². The van der Waals surface area contributed by atoms with Gasteiger partial charge in [-0.3, -0.25) is 9.78 Å². The summed E-state index contributed by atoms with van der Waals surface area (Å²) in [7, 11) is 0. The smallest absolute Gasteiger partial charge is 0.270 e. The summed E-state index contributed by atoms with van der Waals surface area (Å²) >= 11 is 5.81. The van der Waals surface area contributed by atoms with Crippen molar-refractivity contribution in [2.24, 2.45) is 0 Å². The molecule has 1 amide bonds. The van der Waals surface area contributed by atoms with Crippen LogP contribution in [0.1, 0.15) is 21.6 Å². The number of hydrogen-bond acceptors (Lipinski definition) is 2. The van der Waals surface area contributed by atoms with E-state index < -0.39 is 0 Å². The van der Waals surface area contributed by atoms with E-state index in [0.717, 1.165) is 5.56 Å². The van der Waals surface area contributed by atoms with E-state index in [1.807, 2.05) is 31.2 Å². The maximum absolute atomic E-state index is 11.8. The standard InChI is InChI=1S/C14H13ClN2O/c1-10-3-2-4-11(7-10)9-17-14(18)13-8-12(15)5-6-16-13/h2-8H,9H2,1H3,(H,17,18). The topological polar surface area (TPSA) is 42.0 Å². The van der Waals surface area contributed by atoms with E-state index in [1.165, 1.54) is 11.8 Å². The Hall–Kier alpha value is -1.87. The summed E-state index contributed by atoms with van der Waals surface area (Å²) in [6.07, 6.45) is 1.52. The second-order valence-corrected chi connectivity index (χ2v) is 4.47. The van der Waals surface area contributed by atoms with Gasteiger partial charge in [-0.05, 0) is 24.6 Å². The van der Waals surface area contributed by atoms with Crippen molar-refractivity contribution in [2.45, 2.75) is 13.5 Å². The zero-order valence-corrected chi connectivity index (χ0v) is 10.7. The summed E-state index contributed by atoms with van der Waals surface area (Å²) in [5.74, 6) is -0.223. The van der Waals surface area contributed by atoms with E-state index in [-0.39, 0.29) is 5.91 Å². The summed E-state index contributed by atoms with van der Waals surface area (Å²) in [6, 6.07) is 11.2. The number of carbonyl (C=O) groups excluding carboxylic acids is 1. The molecule has 0 atom stereocenters. The van der Waals surface area contributed by atoms with Gasteiger partial charge in [0, 0.05) is 17.8 Å². The molecule has 18 heavy (non-hydrogen) atoms. The number of pyridine rings is 1. The molecule has 0 fully saturated rings. The van der Waals surface area contributed by atoms with E-state index in [0.29, 0.717) is 17.3 Å². The summed E-state index contributed by atoms with van der Waals surface area (Å²) in [6.45, 7) is 2.50. The van der Waals surface area contributed by atoms with Gasteiger partial charge in [0.15, 0.2) is 0 Å². The van der Waals surface area contributed by atoms with Crippen LogP contribution in [0.3, 0.4) is 0 Å². The SMILES string of the molecule is Cc1cccc(CNC(=O)c2cc(Cl)ccn2)c1. The van der Waals surface area contributed by atoms with Gasteiger partial charge in [0.1, 0.15) is 5.69 Å². The second-order valence-electron chi connectivity index (χ2n) is 4.03. The summed E-state index contributed by atoms with van der Waals surface area (Å²) < 4.78 is 0. The lowest BCUT2D eigenvalue weighted by Crippen LogP contribution is -2.23. The first-order valence-corrected chi connectivity index (χ1v) is 5.98. The number of aryl methyl sites for hydroxylation is 1. The molecule has 0 aliphatic heterocycles. The molecule has 2 rings (SSSR count). The van der Waals surface area contributed by atoms with Crippen molar-refractivity contribution in [2.75, 3.05) is 0 Å². The number of amides is 1. The van der Waals surface area contributed by atoms with Gasteiger partial charge in [0.2, 0.25) is 0 Å². The number of rotatable bonds is 3. The summed E-state index contributed by atoms with van der Waals surface area (Å²) in [4.78, 5) is 15.8. The van der Waals surface area contributed by atoms with Crippen LogP contribution in [0.5, 0.6) is 0 Å². The van der Waals surface area contributed by atoms with Crippen LogP contribution in [0.25, 0.3) is 0 Å². The lowest BCUT2D eigenvalue weighted by Gasteiger charge is -2.05. The Morgan fingerprint density at radius 1 is 1.33 bits per heavy atom. The van der Waals surface area contributed by atoms with E-state index in [2.05, 4.69) is 10.3 Å². The fraction of sp³-hybridized carbons (Fsp3) is 0.143. The zero-order valence-electron chi connectivity index (χ0n) is 9.98.